The van der Waals surface area contributed by atoms with Crippen molar-refractivity contribution in [2.45, 2.75) is 30.6 Å². The van der Waals surface area contributed by atoms with Gasteiger partial charge in [-0.3, -0.25) is 9.10 Å². The zero-order valence-corrected chi connectivity index (χ0v) is 20.4. The molecule has 0 aliphatic carbocycles. The monoisotopic (exact) mass is 492 g/mol. The Labute approximate surface area is 197 Å². The minimum Gasteiger partial charge on any atom is -0.495 e. The van der Waals surface area contributed by atoms with Gasteiger partial charge in [-0.25, -0.2) is 8.42 Å². The molecule has 0 N–H and O–H groups in total. The topological polar surface area (TPSA) is 66.9 Å². The minimum absolute atomic E-state index is 0.0588. The second-order valence-electron chi connectivity index (χ2n) is 7.81. The molecular weight excluding hydrogens is 468 g/mol. The van der Waals surface area contributed by atoms with Crippen LogP contribution < -0.4 is 9.04 Å². The minimum atomic E-state index is -3.82. The summed E-state index contributed by atoms with van der Waals surface area (Å²) in [6, 6.07) is 11.7. The molecule has 32 heavy (non-hydrogen) atoms. The van der Waals surface area contributed by atoms with Gasteiger partial charge in [-0.2, -0.15) is 0 Å². The third-order valence-corrected chi connectivity index (χ3v) is 8.93. The van der Waals surface area contributed by atoms with Gasteiger partial charge < -0.3 is 9.64 Å². The Morgan fingerprint density at radius 3 is 2.44 bits per heavy atom. The van der Waals surface area contributed by atoms with Gasteiger partial charge in [-0.05, 0) is 60.7 Å². The summed E-state index contributed by atoms with van der Waals surface area (Å²) in [6.07, 6.45) is 4.41. The molecule has 1 aliphatic heterocycles. The van der Waals surface area contributed by atoms with E-state index in [0.717, 1.165) is 36.0 Å². The van der Waals surface area contributed by atoms with Crippen LogP contribution in [0.3, 0.4) is 0 Å². The first-order valence-electron chi connectivity index (χ1n) is 10.5. The highest BCUT2D eigenvalue weighted by atomic mass is 35.5. The second kappa shape index (κ2) is 9.29. The van der Waals surface area contributed by atoms with E-state index in [9.17, 15) is 13.2 Å². The molecule has 1 aromatic heterocycles. The average molecular weight is 493 g/mol. The second-order valence-corrected chi connectivity index (χ2v) is 11.3. The van der Waals surface area contributed by atoms with Gasteiger partial charge >= 0.3 is 0 Å². The summed E-state index contributed by atoms with van der Waals surface area (Å²) in [5.74, 6) is 0.470. The lowest BCUT2D eigenvalue weighted by atomic mass is 10.2. The molecule has 1 saturated heterocycles. The molecule has 0 atom stereocenters. The Bertz CT molecular complexity index is 1250. The molecule has 0 radical (unpaired) electrons. The smallest absolute Gasteiger partial charge is 0.264 e. The summed E-state index contributed by atoms with van der Waals surface area (Å²) >= 11 is 7.57. The van der Waals surface area contributed by atoms with Gasteiger partial charge in [0, 0.05) is 24.8 Å². The van der Waals surface area contributed by atoms with Crippen molar-refractivity contribution in [3.05, 3.63) is 52.4 Å². The standard InChI is InChI=1S/C23H25ClN2O4S2/c1-25(32(28,29)18-8-9-20(30-2)19(24)15-18)17-7-10-21-16(13-17)14-22(31-21)23(27)26-11-5-3-4-6-12-26/h7-10,13-15H,3-6,11-12H2,1-2H3. The van der Waals surface area contributed by atoms with E-state index in [4.69, 9.17) is 16.3 Å². The molecule has 1 amide bonds. The molecule has 2 aromatic carbocycles. The van der Waals surface area contributed by atoms with Crippen LogP contribution in [0.4, 0.5) is 5.69 Å². The largest absolute Gasteiger partial charge is 0.495 e. The molecule has 9 heteroatoms. The first-order chi connectivity index (χ1) is 15.3. The zero-order chi connectivity index (χ0) is 22.9. The number of rotatable bonds is 5. The van der Waals surface area contributed by atoms with Gasteiger partial charge in [0.25, 0.3) is 15.9 Å². The van der Waals surface area contributed by atoms with Crippen LogP contribution in [0.2, 0.25) is 5.02 Å². The van der Waals surface area contributed by atoms with E-state index in [1.165, 1.54) is 60.8 Å². The van der Waals surface area contributed by atoms with Gasteiger partial charge in [0.15, 0.2) is 0 Å². The van der Waals surface area contributed by atoms with Gasteiger partial charge in [-0.15, -0.1) is 11.3 Å². The van der Waals surface area contributed by atoms with Crippen LogP contribution in [0.15, 0.2) is 47.4 Å². The Hall–Kier alpha value is -2.29. The molecule has 2 heterocycles. The number of carbonyl (C=O) groups is 1. The Morgan fingerprint density at radius 2 is 1.78 bits per heavy atom. The van der Waals surface area contributed by atoms with Crippen molar-refractivity contribution in [3.8, 4) is 5.75 Å². The van der Waals surface area contributed by atoms with Crippen molar-refractivity contribution < 1.29 is 17.9 Å². The number of fused-ring (bicyclic) bond motifs is 1. The number of carbonyl (C=O) groups excluding carboxylic acids is 1. The number of sulfonamides is 1. The predicted octanol–water partition coefficient (Wildman–Crippen LogP) is 5.40. The first kappa shape index (κ1) is 22.9. The summed E-state index contributed by atoms with van der Waals surface area (Å²) in [4.78, 5) is 15.7. The normalized spacial score (nSPS) is 14.9. The molecule has 170 valence electrons. The van der Waals surface area contributed by atoms with Gasteiger partial charge in [0.05, 0.1) is 27.6 Å². The molecule has 1 aliphatic rings. The molecule has 3 aromatic rings. The Kier molecular flexibility index (Phi) is 6.65. The summed E-state index contributed by atoms with van der Waals surface area (Å²) in [5.41, 5.74) is 0.510. The van der Waals surface area contributed by atoms with E-state index in [1.54, 1.807) is 12.1 Å². The molecule has 0 spiro atoms. The number of ether oxygens (including phenoxy) is 1. The summed E-state index contributed by atoms with van der Waals surface area (Å²) in [5, 5.41) is 1.08. The van der Waals surface area contributed by atoms with Crippen molar-refractivity contribution in [1.29, 1.82) is 0 Å². The Morgan fingerprint density at radius 1 is 1.06 bits per heavy atom. The average Bonchev–Trinajstić information content (AvgIpc) is 3.02. The Balaban J connectivity index is 1.61. The molecule has 1 fully saturated rings. The third-order valence-electron chi connectivity index (χ3n) is 5.75. The fourth-order valence-electron chi connectivity index (χ4n) is 3.87. The highest BCUT2D eigenvalue weighted by Gasteiger charge is 2.24. The number of hydrogen-bond donors (Lipinski definition) is 0. The molecule has 4 rings (SSSR count). The predicted molar refractivity (Wildman–Crippen MR) is 130 cm³/mol. The number of thiophene rings is 1. The zero-order valence-electron chi connectivity index (χ0n) is 18.0. The van der Waals surface area contributed by atoms with Crippen LogP contribution in [0.1, 0.15) is 35.4 Å². The lowest BCUT2D eigenvalue weighted by Gasteiger charge is -2.20. The third kappa shape index (κ3) is 4.44. The van der Waals surface area contributed by atoms with Crippen LogP contribution in [-0.4, -0.2) is 46.5 Å². The van der Waals surface area contributed by atoms with E-state index in [0.29, 0.717) is 16.3 Å². The number of likely N-dealkylation sites (tertiary alicyclic amines) is 1. The van der Waals surface area contributed by atoms with Crippen LogP contribution in [0, 0.1) is 0 Å². The molecule has 6 nitrogen and oxygen atoms in total. The van der Waals surface area contributed by atoms with Gasteiger partial charge in [0.2, 0.25) is 0 Å². The highest BCUT2D eigenvalue weighted by molar-refractivity contribution is 7.92. The van der Waals surface area contributed by atoms with Crippen molar-refractivity contribution in [2.24, 2.45) is 0 Å². The lowest BCUT2D eigenvalue weighted by Crippen LogP contribution is -2.31. The highest BCUT2D eigenvalue weighted by Crippen LogP contribution is 2.33. The number of benzene rings is 2. The maximum Gasteiger partial charge on any atom is 0.264 e. The van der Waals surface area contributed by atoms with E-state index in [2.05, 4.69) is 0 Å². The maximum absolute atomic E-state index is 13.1. The van der Waals surface area contributed by atoms with Crippen molar-refractivity contribution in [1.82, 2.24) is 4.90 Å². The first-order valence-corrected chi connectivity index (χ1v) is 13.1. The number of anilines is 1. The van der Waals surface area contributed by atoms with Gasteiger partial charge in [0.1, 0.15) is 5.75 Å². The van der Waals surface area contributed by atoms with Crippen LogP contribution in [0.25, 0.3) is 10.1 Å². The van der Waals surface area contributed by atoms with Crippen molar-refractivity contribution >= 4 is 54.6 Å². The maximum atomic E-state index is 13.1. The SMILES string of the molecule is COc1ccc(S(=O)(=O)N(C)c2ccc3sc(C(=O)N4CCCCCC4)cc3c2)cc1Cl. The molecule has 0 unspecified atom stereocenters. The fourth-order valence-corrected chi connectivity index (χ4v) is 6.41. The quantitative estimate of drug-likeness (QED) is 0.478. The number of halogens is 1. The number of hydrogen-bond acceptors (Lipinski definition) is 5. The van der Waals surface area contributed by atoms with Gasteiger partial charge in [-0.1, -0.05) is 24.4 Å². The van der Waals surface area contributed by atoms with Crippen molar-refractivity contribution in [3.63, 3.8) is 0 Å². The molecular formula is C23H25ClN2O4S2. The van der Waals surface area contributed by atoms with E-state index < -0.39 is 10.0 Å². The molecule has 0 saturated carbocycles. The van der Waals surface area contributed by atoms with Crippen LogP contribution in [-0.2, 0) is 10.0 Å². The van der Waals surface area contributed by atoms with E-state index in [-0.39, 0.29) is 15.8 Å². The summed E-state index contributed by atoms with van der Waals surface area (Å²) in [7, 11) is -0.837. The lowest BCUT2D eigenvalue weighted by molar-refractivity contribution is 0.0766. The molecule has 0 bridgehead atoms. The van der Waals surface area contributed by atoms with E-state index >= 15 is 0 Å². The summed E-state index contributed by atoms with van der Waals surface area (Å²) < 4.78 is 33.6. The fraction of sp³-hybridized carbons (Fsp3) is 0.348. The van der Waals surface area contributed by atoms with Crippen LogP contribution >= 0.6 is 22.9 Å². The van der Waals surface area contributed by atoms with Crippen molar-refractivity contribution in [2.75, 3.05) is 31.6 Å². The summed E-state index contributed by atoms with van der Waals surface area (Å²) in [6.45, 7) is 1.59. The van der Waals surface area contributed by atoms with Crippen LogP contribution in [0.5, 0.6) is 5.75 Å². The van der Waals surface area contributed by atoms with E-state index in [1.807, 2.05) is 17.0 Å². The number of nitrogens with zero attached hydrogens (tertiary/aromatic N) is 2. The number of methoxy groups -OCH3 is 1. The number of amides is 1.